The van der Waals surface area contributed by atoms with Gasteiger partial charge in [-0.25, -0.2) is 15.4 Å². The van der Waals surface area contributed by atoms with Gasteiger partial charge in [0.2, 0.25) is 0 Å². The number of aryl methyl sites for hydroxylation is 2. The number of nitrogens with one attached hydrogen (secondary N) is 1. The summed E-state index contributed by atoms with van der Waals surface area (Å²) in [6.45, 7) is 3.83. The van der Waals surface area contributed by atoms with Crippen molar-refractivity contribution in [1.82, 2.24) is 15.4 Å². The van der Waals surface area contributed by atoms with Crippen LogP contribution >= 0.6 is 11.8 Å². The van der Waals surface area contributed by atoms with Crippen LogP contribution in [0.15, 0.2) is 64.9 Å². The zero-order valence-corrected chi connectivity index (χ0v) is 15.9. The molecule has 1 aromatic heterocycles. The number of nitrogens with zero attached hydrogens (tertiary/aromatic N) is 3. The molecular weight excluding hydrogens is 356 g/mol. The smallest absolute Gasteiger partial charge is 0.250 e. The first-order valence-corrected chi connectivity index (χ1v) is 9.61. The number of carbonyl (C=O) groups excluding carboxylic acids is 1. The number of carbonyl (C=O) groups is 1. The highest BCUT2D eigenvalue weighted by Gasteiger charge is 2.24. The Morgan fingerprint density at radius 2 is 1.44 bits per heavy atom. The van der Waals surface area contributed by atoms with E-state index in [0.717, 1.165) is 39.4 Å². The number of hydrazone groups is 1. The minimum atomic E-state index is -0.183. The van der Waals surface area contributed by atoms with Gasteiger partial charge in [0.15, 0.2) is 5.16 Å². The third-order valence-electron chi connectivity index (χ3n) is 4.24. The van der Waals surface area contributed by atoms with Crippen LogP contribution in [0.25, 0.3) is 11.1 Å². The summed E-state index contributed by atoms with van der Waals surface area (Å²) in [7, 11) is 0. The molecule has 1 heterocycles. The van der Waals surface area contributed by atoms with E-state index in [1.165, 1.54) is 11.8 Å². The second-order valence-corrected chi connectivity index (χ2v) is 7.25. The zero-order valence-electron chi connectivity index (χ0n) is 15.1. The van der Waals surface area contributed by atoms with Crippen molar-refractivity contribution in [3.05, 3.63) is 77.1 Å². The molecule has 3 aromatic rings. The van der Waals surface area contributed by atoms with Crippen LogP contribution in [0.3, 0.4) is 0 Å². The number of thioether (sulfide) groups is 1. The SMILES string of the molecule is Cc1cc(C)nc(SCC(=O)NN=C2c3ccccc3-c3ccccc32)n1. The highest BCUT2D eigenvalue weighted by Crippen LogP contribution is 2.36. The number of hydrogen-bond acceptors (Lipinski definition) is 5. The van der Waals surface area contributed by atoms with Gasteiger partial charge in [0.25, 0.3) is 5.91 Å². The molecule has 0 saturated carbocycles. The van der Waals surface area contributed by atoms with Gasteiger partial charge in [-0.2, -0.15) is 5.10 Å². The minimum absolute atomic E-state index is 0.183. The fraction of sp³-hybridized carbons (Fsp3) is 0.143. The lowest BCUT2D eigenvalue weighted by Gasteiger charge is -2.04. The van der Waals surface area contributed by atoms with Crippen LogP contribution in [0.2, 0.25) is 0 Å². The highest BCUT2D eigenvalue weighted by atomic mass is 32.2. The summed E-state index contributed by atoms with van der Waals surface area (Å²) < 4.78 is 0. The summed E-state index contributed by atoms with van der Waals surface area (Å²) in [5.41, 5.74) is 9.60. The molecule has 1 N–H and O–H groups in total. The van der Waals surface area contributed by atoms with E-state index in [0.29, 0.717) is 5.16 Å². The van der Waals surface area contributed by atoms with Gasteiger partial charge >= 0.3 is 0 Å². The molecule has 0 unspecified atom stereocenters. The van der Waals surface area contributed by atoms with E-state index in [4.69, 9.17) is 0 Å². The molecule has 27 heavy (non-hydrogen) atoms. The van der Waals surface area contributed by atoms with Gasteiger partial charge in [0.05, 0.1) is 11.5 Å². The van der Waals surface area contributed by atoms with E-state index in [9.17, 15) is 4.79 Å². The van der Waals surface area contributed by atoms with Gasteiger partial charge < -0.3 is 0 Å². The molecular formula is C21H18N4OS. The third-order valence-corrected chi connectivity index (χ3v) is 5.09. The average Bonchev–Trinajstić information content (AvgIpc) is 2.98. The van der Waals surface area contributed by atoms with E-state index in [1.54, 1.807) is 0 Å². The van der Waals surface area contributed by atoms with Crippen LogP contribution < -0.4 is 5.43 Å². The predicted molar refractivity (Wildman–Crippen MR) is 108 cm³/mol. The zero-order chi connectivity index (χ0) is 18.8. The van der Waals surface area contributed by atoms with Gasteiger partial charge in [-0.05, 0) is 31.0 Å². The largest absolute Gasteiger partial charge is 0.272 e. The molecule has 0 atom stereocenters. The van der Waals surface area contributed by atoms with Crippen molar-refractivity contribution < 1.29 is 4.79 Å². The molecule has 1 aliphatic carbocycles. The molecule has 6 heteroatoms. The lowest BCUT2D eigenvalue weighted by molar-refractivity contribution is -0.118. The summed E-state index contributed by atoms with van der Waals surface area (Å²) in [5, 5.41) is 5.02. The number of rotatable bonds is 4. The van der Waals surface area contributed by atoms with E-state index >= 15 is 0 Å². The molecule has 0 aliphatic heterocycles. The monoisotopic (exact) mass is 374 g/mol. The van der Waals surface area contributed by atoms with Crippen molar-refractivity contribution in [2.75, 3.05) is 5.75 Å². The maximum atomic E-state index is 12.3. The van der Waals surface area contributed by atoms with Gasteiger partial charge in [0.1, 0.15) is 0 Å². The number of benzene rings is 2. The van der Waals surface area contributed by atoms with Gasteiger partial charge in [-0.3, -0.25) is 4.79 Å². The average molecular weight is 374 g/mol. The molecule has 5 nitrogen and oxygen atoms in total. The number of hydrogen-bond donors (Lipinski definition) is 1. The first kappa shape index (κ1) is 17.4. The summed E-state index contributed by atoms with van der Waals surface area (Å²) in [6.07, 6.45) is 0. The van der Waals surface area contributed by atoms with Crippen LogP contribution in [0.5, 0.6) is 0 Å². The number of aromatic nitrogens is 2. The Morgan fingerprint density at radius 3 is 2.00 bits per heavy atom. The van der Waals surface area contributed by atoms with Crippen LogP contribution in [-0.2, 0) is 4.79 Å². The van der Waals surface area contributed by atoms with Crippen LogP contribution in [0, 0.1) is 13.8 Å². The summed E-state index contributed by atoms with van der Waals surface area (Å²) in [5.74, 6) is 0.0281. The van der Waals surface area contributed by atoms with Crippen molar-refractivity contribution in [2.24, 2.45) is 5.10 Å². The lowest BCUT2D eigenvalue weighted by Crippen LogP contribution is -2.22. The summed E-state index contributed by atoms with van der Waals surface area (Å²) >= 11 is 1.31. The molecule has 2 aromatic carbocycles. The van der Waals surface area contributed by atoms with Crippen molar-refractivity contribution in [3.63, 3.8) is 0 Å². The Labute approximate surface area is 162 Å². The van der Waals surface area contributed by atoms with E-state index < -0.39 is 0 Å². The first-order chi connectivity index (χ1) is 13.1. The maximum Gasteiger partial charge on any atom is 0.250 e. The van der Waals surface area contributed by atoms with Crippen LogP contribution in [0.1, 0.15) is 22.5 Å². The Hall–Kier alpha value is -2.99. The molecule has 0 saturated heterocycles. The quantitative estimate of drug-likeness (QED) is 0.336. The van der Waals surface area contributed by atoms with Crippen molar-refractivity contribution in [3.8, 4) is 11.1 Å². The molecule has 0 spiro atoms. The lowest BCUT2D eigenvalue weighted by atomic mass is 10.1. The van der Waals surface area contributed by atoms with E-state index in [1.807, 2.05) is 56.3 Å². The standard InChI is InChI=1S/C21H18N4OS/c1-13-11-14(2)23-21(22-13)27-12-19(26)24-25-20-17-9-5-3-7-15(17)16-8-4-6-10-18(16)20/h3-11H,12H2,1-2H3,(H,24,26). The van der Waals surface area contributed by atoms with Crippen molar-refractivity contribution in [2.45, 2.75) is 19.0 Å². The first-order valence-electron chi connectivity index (χ1n) is 8.62. The molecule has 134 valence electrons. The van der Waals surface area contributed by atoms with E-state index in [-0.39, 0.29) is 11.7 Å². The van der Waals surface area contributed by atoms with Crippen molar-refractivity contribution in [1.29, 1.82) is 0 Å². The third kappa shape index (κ3) is 3.61. The Balaban J connectivity index is 1.50. The molecule has 4 rings (SSSR count). The fourth-order valence-electron chi connectivity index (χ4n) is 3.15. The fourth-order valence-corrected chi connectivity index (χ4v) is 3.90. The summed E-state index contributed by atoms with van der Waals surface area (Å²) in [6, 6.07) is 18.1. The minimum Gasteiger partial charge on any atom is -0.272 e. The molecule has 1 amide bonds. The van der Waals surface area contributed by atoms with Gasteiger partial charge in [-0.1, -0.05) is 60.3 Å². The molecule has 1 aliphatic rings. The second-order valence-electron chi connectivity index (χ2n) is 6.31. The highest BCUT2D eigenvalue weighted by molar-refractivity contribution is 7.99. The normalized spacial score (nSPS) is 11.7. The predicted octanol–water partition coefficient (Wildman–Crippen LogP) is 3.73. The Bertz CT molecular complexity index is 994. The maximum absolute atomic E-state index is 12.3. The van der Waals surface area contributed by atoms with Crippen LogP contribution in [-0.4, -0.2) is 27.3 Å². The molecule has 0 radical (unpaired) electrons. The number of fused-ring (bicyclic) bond motifs is 3. The van der Waals surface area contributed by atoms with E-state index in [2.05, 4.69) is 32.6 Å². The topological polar surface area (TPSA) is 67.2 Å². The van der Waals surface area contributed by atoms with Crippen molar-refractivity contribution >= 4 is 23.4 Å². The number of amides is 1. The Morgan fingerprint density at radius 1 is 0.926 bits per heavy atom. The second kappa shape index (κ2) is 7.32. The van der Waals surface area contributed by atoms with Crippen LogP contribution in [0.4, 0.5) is 0 Å². The molecule has 0 bridgehead atoms. The Kier molecular flexibility index (Phi) is 4.73. The molecule has 0 fully saturated rings. The summed E-state index contributed by atoms with van der Waals surface area (Å²) in [4.78, 5) is 21.0. The van der Waals surface area contributed by atoms with Gasteiger partial charge in [-0.15, -0.1) is 0 Å². The van der Waals surface area contributed by atoms with Gasteiger partial charge in [0, 0.05) is 22.5 Å².